The van der Waals surface area contributed by atoms with Crippen molar-refractivity contribution in [3.05, 3.63) is 90.4 Å². The number of hydrogen-bond donors (Lipinski definition) is 1. The largest absolute Gasteiger partial charge is 0.497 e. The van der Waals surface area contributed by atoms with Crippen molar-refractivity contribution in [2.45, 2.75) is 38.6 Å². The number of anilines is 3. The summed E-state index contributed by atoms with van der Waals surface area (Å²) in [4.78, 5) is 26.2. The number of piperidine rings is 1. The molecule has 1 fully saturated rings. The lowest BCUT2D eigenvalue weighted by atomic mass is 10.1. The number of carbonyl (C=O) groups excluding carboxylic acids is 1. The van der Waals surface area contributed by atoms with Gasteiger partial charge < -0.3 is 29.2 Å². The molecule has 1 aliphatic heterocycles. The summed E-state index contributed by atoms with van der Waals surface area (Å²) in [6.07, 6.45) is 5.38. The van der Waals surface area contributed by atoms with Gasteiger partial charge in [0.15, 0.2) is 11.6 Å². The maximum Gasteiger partial charge on any atom is 0.421 e. The van der Waals surface area contributed by atoms with Crippen molar-refractivity contribution in [1.29, 1.82) is 0 Å². The number of ether oxygens (including phenoxy) is 4. The lowest BCUT2D eigenvalue weighted by molar-refractivity contribution is 0.203. The van der Waals surface area contributed by atoms with Gasteiger partial charge in [-0.05, 0) is 69.1 Å². The number of methoxy groups -OCH3 is 2. The van der Waals surface area contributed by atoms with E-state index in [-0.39, 0.29) is 17.6 Å². The molecule has 0 spiro atoms. The average Bonchev–Trinajstić information content (AvgIpc) is 3.08. The molecule has 242 valence electrons. The van der Waals surface area contributed by atoms with Crippen LogP contribution in [0.4, 0.5) is 26.5 Å². The summed E-state index contributed by atoms with van der Waals surface area (Å²) in [5.74, 6) is 0.843. The number of aromatic nitrogens is 2. The van der Waals surface area contributed by atoms with Gasteiger partial charge in [-0.25, -0.2) is 14.2 Å². The van der Waals surface area contributed by atoms with E-state index in [1.54, 1.807) is 37.4 Å². The summed E-state index contributed by atoms with van der Waals surface area (Å²) < 4.78 is 37.3. The second kappa shape index (κ2) is 15.9. The third-order valence-corrected chi connectivity index (χ3v) is 7.85. The van der Waals surface area contributed by atoms with Gasteiger partial charge in [0.25, 0.3) is 0 Å². The Morgan fingerprint density at radius 3 is 2.52 bits per heavy atom. The summed E-state index contributed by atoms with van der Waals surface area (Å²) in [7, 11) is 3.08. The first kappa shape index (κ1) is 32.5. The summed E-state index contributed by atoms with van der Waals surface area (Å²) in [6, 6.07) is 20.4. The van der Waals surface area contributed by atoms with Crippen LogP contribution in [0, 0.1) is 5.82 Å². The number of halogens is 1. The van der Waals surface area contributed by atoms with Crippen molar-refractivity contribution in [1.82, 2.24) is 14.9 Å². The monoisotopic (exact) mass is 629 g/mol. The molecule has 5 rings (SSSR count). The Kier molecular flexibility index (Phi) is 11.2. The first-order valence-electron chi connectivity index (χ1n) is 15.5. The van der Waals surface area contributed by atoms with Gasteiger partial charge in [0, 0.05) is 36.6 Å². The van der Waals surface area contributed by atoms with Crippen LogP contribution in [-0.4, -0.2) is 61.4 Å². The van der Waals surface area contributed by atoms with Crippen LogP contribution in [0.1, 0.15) is 44.2 Å². The Morgan fingerprint density at radius 1 is 0.978 bits per heavy atom. The van der Waals surface area contributed by atoms with Crippen molar-refractivity contribution in [3.8, 4) is 23.1 Å². The van der Waals surface area contributed by atoms with E-state index < -0.39 is 18.0 Å². The zero-order valence-corrected chi connectivity index (χ0v) is 26.4. The highest BCUT2D eigenvalue weighted by atomic mass is 19.1. The van der Waals surface area contributed by atoms with Crippen LogP contribution < -0.4 is 29.2 Å². The Bertz CT molecular complexity index is 1590. The summed E-state index contributed by atoms with van der Waals surface area (Å²) in [5.41, 5.74) is 1.80. The fourth-order valence-electron chi connectivity index (χ4n) is 5.41. The molecule has 1 atom stereocenters. The Hall–Kier alpha value is -4.90. The highest BCUT2D eigenvalue weighted by molar-refractivity contribution is 5.92. The van der Waals surface area contributed by atoms with E-state index in [1.807, 2.05) is 37.3 Å². The number of amides is 1. The first-order valence-corrected chi connectivity index (χ1v) is 15.5. The number of hydrogen-bond acceptors (Lipinski definition) is 9. The standard InChI is InChI=1S/C35H40FN5O5/c1-25(26-11-6-4-7-12-26)41(30-15-14-28(43-2)24-32(30)44-3)35(42)46-33-17-18-37-34(39-33)38-27-13-16-31(29(36)23-27)45-22-10-21-40-19-8-5-9-20-40/h4,6-7,11-18,23-25H,5,8-10,19-22H2,1-3H3,(H,37,38,39)/t25-/m0/s1. The second-order valence-corrected chi connectivity index (χ2v) is 11.0. The molecule has 1 saturated heterocycles. The quantitative estimate of drug-likeness (QED) is 0.152. The number of likely N-dealkylation sites (tertiary alicyclic amines) is 1. The fourth-order valence-corrected chi connectivity index (χ4v) is 5.41. The highest BCUT2D eigenvalue weighted by Gasteiger charge is 2.29. The van der Waals surface area contributed by atoms with Gasteiger partial charge in [-0.15, -0.1) is 0 Å². The number of carbonyl (C=O) groups is 1. The number of nitrogens with zero attached hydrogens (tertiary/aromatic N) is 4. The molecule has 1 aromatic heterocycles. The topological polar surface area (TPSA) is 98.3 Å². The molecule has 3 aromatic carbocycles. The molecule has 11 heteroatoms. The molecule has 4 aromatic rings. The van der Waals surface area contributed by atoms with Crippen LogP contribution in [0.3, 0.4) is 0 Å². The van der Waals surface area contributed by atoms with Crippen LogP contribution in [0.2, 0.25) is 0 Å². The van der Waals surface area contributed by atoms with Crippen LogP contribution in [0.5, 0.6) is 23.1 Å². The Labute approximate surface area is 269 Å². The molecule has 0 unspecified atom stereocenters. The van der Waals surface area contributed by atoms with Gasteiger partial charge in [-0.2, -0.15) is 4.98 Å². The Balaban J connectivity index is 1.26. The van der Waals surface area contributed by atoms with E-state index in [4.69, 9.17) is 18.9 Å². The summed E-state index contributed by atoms with van der Waals surface area (Å²) in [6.45, 7) is 5.54. The van der Waals surface area contributed by atoms with Gasteiger partial charge >= 0.3 is 6.09 Å². The molecule has 0 bridgehead atoms. The molecule has 2 heterocycles. The van der Waals surface area contributed by atoms with Gasteiger partial charge in [0.1, 0.15) is 11.5 Å². The fraction of sp³-hybridized carbons (Fsp3) is 0.343. The van der Waals surface area contributed by atoms with Gasteiger partial charge in [-0.3, -0.25) is 4.90 Å². The van der Waals surface area contributed by atoms with Crippen molar-refractivity contribution in [2.75, 3.05) is 50.7 Å². The minimum Gasteiger partial charge on any atom is -0.497 e. The van der Waals surface area contributed by atoms with E-state index in [9.17, 15) is 9.18 Å². The second-order valence-electron chi connectivity index (χ2n) is 11.0. The minimum absolute atomic E-state index is 0.00868. The smallest absolute Gasteiger partial charge is 0.421 e. The molecule has 0 saturated carbocycles. The first-order chi connectivity index (χ1) is 22.4. The molecular formula is C35H40FN5O5. The van der Waals surface area contributed by atoms with Gasteiger partial charge in [-0.1, -0.05) is 36.8 Å². The molecule has 1 N–H and O–H groups in total. The maximum atomic E-state index is 14.9. The highest BCUT2D eigenvalue weighted by Crippen LogP contribution is 2.37. The predicted octanol–water partition coefficient (Wildman–Crippen LogP) is 7.40. The van der Waals surface area contributed by atoms with Gasteiger partial charge in [0.05, 0.1) is 32.6 Å². The summed E-state index contributed by atoms with van der Waals surface area (Å²) >= 11 is 0. The van der Waals surface area contributed by atoms with E-state index in [1.165, 1.54) is 49.6 Å². The van der Waals surface area contributed by atoms with Crippen molar-refractivity contribution in [2.24, 2.45) is 0 Å². The van der Waals surface area contributed by atoms with E-state index >= 15 is 0 Å². The van der Waals surface area contributed by atoms with Crippen molar-refractivity contribution >= 4 is 23.4 Å². The van der Waals surface area contributed by atoms with Crippen LogP contribution in [0.25, 0.3) is 0 Å². The molecule has 1 aliphatic rings. The predicted molar refractivity (Wildman–Crippen MR) is 175 cm³/mol. The average molecular weight is 630 g/mol. The zero-order chi connectivity index (χ0) is 32.3. The number of rotatable bonds is 13. The van der Waals surface area contributed by atoms with Crippen LogP contribution >= 0.6 is 0 Å². The van der Waals surface area contributed by atoms with E-state index in [0.29, 0.717) is 29.5 Å². The summed E-state index contributed by atoms with van der Waals surface area (Å²) in [5, 5.41) is 2.97. The minimum atomic E-state index is -0.683. The Morgan fingerprint density at radius 2 is 1.78 bits per heavy atom. The van der Waals surface area contributed by atoms with Gasteiger partial charge in [0.2, 0.25) is 11.8 Å². The third kappa shape index (κ3) is 8.42. The maximum absolute atomic E-state index is 14.9. The molecule has 46 heavy (non-hydrogen) atoms. The zero-order valence-electron chi connectivity index (χ0n) is 26.4. The molecule has 0 radical (unpaired) electrons. The van der Waals surface area contributed by atoms with E-state index in [2.05, 4.69) is 20.2 Å². The van der Waals surface area contributed by atoms with E-state index in [0.717, 1.165) is 31.6 Å². The SMILES string of the molecule is COc1ccc(N(C(=O)Oc2ccnc(Nc3ccc(OCCCN4CCCCC4)c(F)c3)n2)[C@@H](C)c2ccccc2)c(OC)c1. The van der Waals surface area contributed by atoms with Crippen LogP contribution in [0.15, 0.2) is 79.0 Å². The lowest BCUT2D eigenvalue weighted by Gasteiger charge is -2.30. The molecule has 1 amide bonds. The van der Waals surface area contributed by atoms with Crippen LogP contribution in [-0.2, 0) is 0 Å². The lowest BCUT2D eigenvalue weighted by Crippen LogP contribution is -2.36. The molecular weight excluding hydrogens is 589 g/mol. The number of benzene rings is 3. The third-order valence-electron chi connectivity index (χ3n) is 7.85. The molecule has 10 nitrogen and oxygen atoms in total. The molecule has 0 aliphatic carbocycles. The van der Waals surface area contributed by atoms with Crippen molar-refractivity contribution < 1.29 is 28.1 Å². The van der Waals surface area contributed by atoms with Crippen molar-refractivity contribution in [3.63, 3.8) is 0 Å². The number of nitrogens with one attached hydrogen (secondary N) is 1. The normalized spacial score (nSPS) is 13.8.